The quantitative estimate of drug-likeness (QED) is 0.811. The van der Waals surface area contributed by atoms with Gasteiger partial charge in [-0.2, -0.15) is 9.49 Å². The van der Waals surface area contributed by atoms with Gasteiger partial charge in [-0.3, -0.25) is 14.3 Å². The monoisotopic (exact) mass is 374 g/mol. The lowest BCUT2D eigenvalue weighted by atomic mass is 9.85. The van der Waals surface area contributed by atoms with Crippen molar-refractivity contribution in [1.82, 2.24) is 24.6 Å². The van der Waals surface area contributed by atoms with Gasteiger partial charge in [-0.15, -0.1) is 0 Å². The topological polar surface area (TPSA) is 83.4 Å². The van der Waals surface area contributed by atoms with Crippen molar-refractivity contribution in [1.29, 1.82) is 0 Å². The lowest BCUT2D eigenvalue weighted by Crippen LogP contribution is -2.59. The lowest BCUT2D eigenvalue weighted by Gasteiger charge is -2.42. The summed E-state index contributed by atoms with van der Waals surface area (Å²) in [5.74, 6) is -0.262. The molecule has 2 aromatic heterocycles. The average molecular weight is 374 g/mol. The summed E-state index contributed by atoms with van der Waals surface area (Å²) >= 11 is 0. The van der Waals surface area contributed by atoms with Crippen molar-refractivity contribution in [2.75, 3.05) is 32.5 Å². The Morgan fingerprint density at radius 2 is 1.93 bits per heavy atom. The summed E-state index contributed by atoms with van der Waals surface area (Å²) in [5, 5.41) is 7.47. The number of nitrogens with zero attached hydrogens (tertiary/aromatic N) is 5. The van der Waals surface area contributed by atoms with Crippen molar-refractivity contribution in [3.63, 3.8) is 0 Å². The molecule has 0 spiro atoms. The Kier molecular flexibility index (Phi) is 5.11. The van der Waals surface area contributed by atoms with E-state index in [4.69, 9.17) is 0 Å². The number of likely N-dealkylation sites (N-methyl/N-ethyl adjacent to an activating group) is 1. The molecule has 144 valence electrons. The van der Waals surface area contributed by atoms with Crippen molar-refractivity contribution >= 4 is 17.6 Å². The molecule has 0 unspecified atom stereocenters. The fraction of sp³-hybridized carbons (Fsp3) is 0.444. The number of aromatic nitrogens is 3. The predicted octanol–water partition coefficient (Wildman–Crippen LogP) is 1.13. The van der Waals surface area contributed by atoms with E-state index in [0.717, 1.165) is 11.9 Å². The molecule has 27 heavy (non-hydrogen) atoms. The van der Waals surface area contributed by atoms with Crippen LogP contribution in [0.15, 0.2) is 30.6 Å². The zero-order valence-electron chi connectivity index (χ0n) is 15.6. The maximum absolute atomic E-state index is 13.3. The minimum atomic E-state index is -0.822. The standard InChI is InChI=1S/C18H23FN6O2/c1-23(2)17(27)18(22-15-5-9-21-24(15)3)6-10-25(11-7-18)16(26)13-4-8-20-14(19)12-13/h4-5,8-9,12,22H,6-7,10-11H2,1-3H3. The first-order chi connectivity index (χ1) is 12.8. The molecule has 0 bridgehead atoms. The van der Waals surface area contributed by atoms with Crippen molar-refractivity contribution < 1.29 is 14.0 Å². The van der Waals surface area contributed by atoms with E-state index in [1.54, 1.807) is 41.8 Å². The van der Waals surface area contributed by atoms with Crippen LogP contribution < -0.4 is 5.32 Å². The van der Waals surface area contributed by atoms with Crippen LogP contribution in [-0.2, 0) is 11.8 Å². The number of carbonyl (C=O) groups excluding carboxylic acids is 2. The molecule has 0 atom stereocenters. The normalized spacial score (nSPS) is 16.1. The highest BCUT2D eigenvalue weighted by molar-refractivity contribution is 5.95. The fourth-order valence-electron chi connectivity index (χ4n) is 3.37. The highest BCUT2D eigenvalue weighted by Gasteiger charge is 2.43. The molecule has 0 aromatic carbocycles. The molecule has 1 aliphatic rings. The van der Waals surface area contributed by atoms with Crippen LogP contribution in [0.4, 0.5) is 10.2 Å². The number of rotatable bonds is 4. The van der Waals surface area contributed by atoms with Gasteiger partial charge in [0.15, 0.2) is 0 Å². The molecule has 1 saturated heterocycles. The highest BCUT2D eigenvalue weighted by Crippen LogP contribution is 2.29. The second-order valence-corrected chi connectivity index (χ2v) is 6.91. The second kappa shape index (κ2) is 7.34. The van der Waals surface area contributed by atoms with E-state index in [1.165, 1.54) is 12.3 Å². The molecule has 2 amide bonds. The number of halogens is 1. The highest BCUT2D eigenvalue weighted by atomic mass is 19.1. The largest absolute Gasteiger partial charge is 0.356 e. The van der Waals surface area contributed by atoms with Crippen LogP contribution in [-0.4, -0.2) is 69.1 Å². The molecule has 8 nitrogen and oxygen atoms in total. The van der Waals surface area contributed by atoms with Gasteiger partial charge in [-0.25, -0.2) is 4.98 Å². The van der Waals surface area contributed by atoms with Gasteiger partial charge in [-0.05, 0) is 18.9 Å². The zero-order chi connectivity index (χ0) is 19.6. The Balaban J connectivity index is 1.78. The van der Waals surface area contributed by atoms with Crippen LogP contribution in [0.3, 0.4) is 0 Å². The third-order valence-corrected chi connectivity index (χ3v) is 4.88. The number of aryl methyl sites for hydroxylation is 1. The fourth-order valence-corrected chi connectivity index (χ4v) is 3.37. The van der Waals surface area contributed by atoms with Crippen molar-refractivity contribution in [2.45, 2.75) is 18.4 Å². The van der Waals surface area contributed by atoms with E-state index >= 15 is 0 Å². The first-order valence-electron chi connectivity index (χ1n) is 8.71. The van der Waals surface area contributed by atoms with Gasteiger partial charge >= 0.3 is 0 Å². The summed E-state index contributed by atoms with van der Waals surface area (Å²) in [5.41, 5.74) is -0.564. The van der Waals surface area contributed by atoms with E-state index in [-0.39, 0.29) is 17.4 Å². The van der Waals surface area contributed by atoms with Crippen LogP contribution in [0.2, 0.25) is 0 Å². The van der Waals surface area contributed by atoms with Gasteiger partial charge in [0.05, 0.1) is 6.20 Å². The Hall–Kier alpha value is -2.97. The number of pyridine rings is 1. The Morgan fingerprint density at radius 1 is 1.22 bits per heavy atom. The summed E-state index contributed by atoms with van der Waals surface area (Å²) in [4.78, 5) is 32.2. The van der Waals surface area contributed by atoms with Gasteiger partial charge in [0.2, 0.25) is 11.9 Å². The number of nitrogens with one attached hydrogen (secondary N) is 1. The van der Waals surface area contributed by atoms with Crippen LogP contribution in [0.25, 0.3) is 0 Å². The molecule has 0 aliphatic carbocycles. The van der Waals surface area contributed by atoms with Gasteiger partial charge in [0.1, 0.15) is 11.4 Å². The molecule has 1 aliphatic heterocycles. The van der Waals surface area contributed by atoms with E-state index in [9.17, 15) is 14.0 Å². The van der Waals surface area contributed by atoms with Gasteiger partial charge in [0.25, 0.3) is 5.91 Å². The van der Waals surface area contributed by atoms with E-state index in [2.05, 4.69) is 15.4 Å². The number of anilines is 1. The Bertz CT molecular complexity index is 842. The van der Waals surface area contributed by atoms with E-state index in [0.29, 0.717) is 25.9 Å². The van der Waals surface area contributed by atoms with Crippen molar-refractivity contribution in [3.8, 4) is 0 Å². The molecular weight excluding hydrogens is 351 g/mol. The molecule has 3 heterocycles. The summed E-state index contributed by atoms with van der Waals surface area (Å²) < 4.78 is 15.0. The van der Waals surface area contributed by atoms with Crippen LogP contribution in [0.5, 0.6) is 0 Å². The number of carbonyl (C=O) groups is 2. The van der Waals surface area contributed by atoms with E-state index in [1.807, 2.05) is 6.07 Å². The van der Waals surface area contributed by atoms with Gasteiger partial charge in [-0.1, -0.05) is 0 Å². The van der Waals surface area contributed by atoms with Crippen molar-refractivity contribution in [3.05, 3.63) is 42.1 Å². The average Bonchev–Trinajstić information content (AvgIpc) is 3.05. The minimum Gasteiger partial charge on any atom is -0.356 e. The number of amides is 2. The summed E-state index contributed by atoms with van der Waals surface area (Å²) in [7, 11) is 5.23. The third-order valence-electron chi connectivity index (χ3n) is 4.88. The molecule has 1 fully saturated rings. The summed E-state index contributed by atoms with van der Waals surface area (Å²) in [6.07, 6.45) is 3.81. The Morgan fingerprint density at radius 3 is 2.48 bits per heavy atom. The van der Waals surface area contributed by atoms with Gasteiger partial charge < -0.3 is 15.1 Å². The predicted molar refractivity (Wildman–Crippen MR) is 97.6 cm³/mol. The zero-order valence-corrected chi connectivity index (χ0v) is 15.6. The van der Waals surface area contributed by atoms with Gasteiger partial charge in [0, 0.05) is 58.1 Å². The molecule has 3 rings (SSSR count). The number of piperidine rings is 1. The van der Waals surface area contributed by atoms with Crippen LogP contribution in [0.1, 0.15) is 23.2 Å². The van der Waals surface area contributed by atoms with E-state index < -0.39 is 11.5 Å². The molecule has 9 heteroatoms. The van der Waals surface area contributed by atoms with Crippen molar-refractivity contribution in [2.24, 2.45) is 7.05 Å². The molecule has 2 aromatic rings. The summed E-state index contributed by atoms with van der Waals surface area (Å²) in [6, 6.07) is 4.43. The first-order valence-corrected chi connectivity index (χ1v) is 8.71. The summed E-state index contributed by atoms with van der Waals surface area (Å²) in [6.45, 7) is 0.764. The minimum absolute atomic E-state index is 0.0502. The maximum atomic E-state index is 13.3. The van der Waals surface area contributed by atoms with Crippen LogP contribution in [0, 0.1) is 5.95 Å². The Labute approximate surface area is 157 Å². The molecule has 1 N–H and O–H groups in total. The number of likely N-dealkylation sites (tertiary alicyclic amines) is 1. The molecule has 0 radical (unpaired) electrons. The lowest BCUT2D eigenvalue weighted by molar-refractivity contribution is -0.135. The number of hydrogen-bond acceptors (Lipinski definition) is 5. The van der Waals surface area contributed by atoms with Crippen LogP contribution >= 0.6 is 0 Å². The smallest absolute Gasteiger partial charge is 0.254 e. The number of hydrogen-bond donors (Lipinski definition) is 1. The SMILES string of the molecule is CN(C)C(=O)C1(Nc2ccnn2C)CCN(C(=O)c2ccnc(F)c2)CC1. The molecule has 0 saturated carbocycles. The first kappa shape index (κ1) is 18.8. The maximum Gasteiger partial charge on any atom is 0.254 e. The molecular formula is C18H23FN6O2. The second-order valence-electron chi connectivity index (χ2n) is 6.91. The third kappa shape index (κ3) is 3.76.